The van der Waals surface area contributed by atoms with Gasteiger partial charge in [0, 0.05) is 9.92 Å². The number of hydrogen-bond donors (Lipinski definition) is 2. The van der Waals surface area contributed by atoms with Gasteiger partial charge in [0.1, 0.15) is 5.75 Å². The van der Waals surface area contributed by atoms with Crippen LogP contribution < -0.4 is 15.4 Å². The molecule has 2 aromatic rings. The molecule has 0 aliphatic heterocycles. The van der Waals surface area contributed by atoms with Crippen molar-refractivity contribution in [1.29, 1.82) is 0 Å². The standard InChI is InChI=1S/C13H12Cl2N2O2S/c1-18-17-20-9-3-4-11(16)13(7-9)19-12-5-2-8(14)6-10(12)15/h2-7,17H,16H2,1H3. The van der Waals surface area contributed by atoms with Gasteiger partial charge in [-0.05, 0) is 48.3 Å². The molecule has 0 spiro atoms. The Hall–Kier alpha value is -1.11. The van der Waals surface area contributed by atoms with E-state index in [2.05, 4.69) is 4.89 Å². The van der Waals surface area contributed by atoms with Gasteiger partial charge in [0.05, 0.1) is 17.8 Å². The number of halogens is 2. The molecular weight excluding hydrogens is 319 g/mol. The average molecular weight is 331 g/mol. The zero-order valence-electron chi connectivity index (χ0n) is 10.5. The minimum absolute atomic E-state index is 0.421. The van der Waals surface area contributed by atoms with Crippen LogP contribution in [0.1, 0.15) is 0 Å². The van der Waals surface area contributed by atoms with Gasteiger partial charge in [-0.15, -0.1) is 4.89 Å². The summed E-state index contributed by atoms with van der Waals surface area (Å²) in [6.45, 7) is 0. The highest BCUT2D eigenvalue weighted by Gasteiger charge is 2.08. The Labute approximate surface area is 131 Å². The summed E-state index contributed by atoms with van der Waals surface area (Å²) in [6, 6.07) is 10.4. The quantitative estimate of drug-likeness (QED) is 0.479. The topological polar surface area (TPSA) is 56.5 Å². The van der Waals surface area contributed by atoms with Gasteiger partial charge in [-0.1, -0.05) is 23.2 Å². The summed E-state index contributed by atoms with van der Waals surface area (Å²) >= 11 is 13.2. The van der Waals surface area contributed by atoms with E-state index in [4.69, 9.17) is 38.5 Å². The van der Waals surface area contributed by atoms with Gasteiger partial charge in [-0.3, -0.25) is 4.84 Å². The number of nitrogens with two attached hydrogens (primary N) is 1. The predicted octanol–water partition coefficient (Wildman–Crippen LogP) is 4.53. The lowest BCUT2D eigenvalue weighted by Crippen LogP contribution is -1.99. The molecule has 0 aliphatic carbocycles. The van der Waals surface area contributed by atoms with Crippen molar-refractivity contribution in [2.24, 2.45) is 0 Å². The van der Waals surface area contributed by atoms with Crippen LogP contribution in [0.3, 0.4) is 0 Å². The fourth-order valence-corrected chi connectivity index (χ4v) is 2.36. The molecule has 0 aromatic heterocycles. The molecule has 2 rings (SSSR count). The highest BCUT2D eigenvalue weighted by atomic mass is 35.5. The average Bonchev–Trinajstić information content (AvgIpc) is 2.42. The lowest BCUT2D eigenvalue weighted by molar-refractivity contribution is 0.163. The van der Waals surface area contributed by atoms with Crippen molar-refractivity contribution in [3.63, 3.8) is 0 Å². The summed E-state index contributed by atoms with van der Waals surface area (Å²) in [5.74, 6) is 1.00. The van der Waals surface area contributed by atoms with Crippen molar-refractivity contribution in [3.05, 3.63) is 46.4 Å². The van der Waals surface area contributed by atoms with Crippen molar-refractivity contribution in [3.8, 4) is 11.5 Å². The molecule has 0 radical (unpaired) electrons. The monoisotopic (exact) mass is 330 g/mol. The first-order valence-corrected chi connectivity index (χ1v) is 7.14. The fourth-order valence-electron chi connectivity index (χ4n) is 1.43. The van der Waals surface area contributed by atoms with E-state index in [-0.39, 0.29) is 0 Å². The van der Waals surface area contributed by atoms with E-state index in [1.54, 1.807) is 30.3 Å². The number of nitrogens with one attached hydrogen (secondary N) is 1. The second-order valence-corrected chi connectivity index (χ2v) is 5.45. The van der Waals surface area contributed by atoms with Crippen LogP contribution >= 0.6 is 35.1 Å². The van der Waals surface area contributed by atoms with Crippen LogP contribution in [-0.4, -0.2) is 7.11 Å². The first-order chi connectivity index (χ1) is 9.60. The summed E-state index contributed by atoms with van der Waals surface area (Å²) in [5, 5.41) is 0.967. The van der Waals surface area contributed by atoms with Gasteiger partial charge < -0.3 is 10.5 Å². The van der Waals surface area contributed by atoms with E-state index in [0.717, 1.165) is 4.90 Å². The van der Waals surface area contributed by atoms with Crippen LogP contribution in [0.25, 0.3) is 0 Å². The number of nitrogen functional groups attached to an aromatic ring is 1. The summed E-state index contributed by atoms with van der Waals surface area (Å²) in [6.07, 6.45) is 0. The third kappa shape index (κ3) is 3.94. The van der Waals surface area contributed by atoms with E-state index in [1.807, 2.05) is 6.07 Å². The summed E-state index contributed by atoms with van der Waals surface area (Å²) in [4.78, 5) is 8.33. The first-order valence-electron chi connectivity index (χ1n) is 5.57. The Morgan fingerprint density at radius 3 is 2.60 bits per heavy atom. The maximum atomic E-state index is 6.07. The molecule has 0 saturated heterocycles. The van der Waals surface area contributed by atoms with E-state index >= 15 is 0 Å². The summed E-state index contributed by atoms with van der Waals surface area (Å²) < 4.78 is 5.72. The van der Waals surface area contributed by atoms with E-state index in [0.29, 0.717) is 27.2 Å². The third-order valence-electron chi connectivity index (χ3n) is 2.34. The van der Waals surface area contributed by atoms with E-state index in [1.165, 1.54) is 19.1 Å². The van der Waals surface area contributed by atoms with Gasteiger partial charge in [0.25, 0.3) is 0 Å². The molecule has 0 fully saturated rings. The number of hydrogen-bond acceptors (Lipinski definition) is 5. The highest BCUT2D eigenvalue weighted by Crippen LogP contribution is 2.35. The molecule has 0 atom stereocenters. The fraction of sp³-hybridized carbons (Fsp3) is 0.0769. The van der Waals surface area contributed by atoms with Crippen LogP contribution in [0.5, 0.6) is 11.5 Å². The van der Waals surface area contributed by atoms with Crippen LogP contribution in [0, 0.1) is 0 Å². The van der Waals surface area contributed by atoms with Gasteiger partial charge in [0.15, 0.2) is 5.75 Å². The van der Waals surface area contributed by atoms with Crippen LogP contribution in [0.4, 0.5) is 5.69 Å². The Morgan fingerprint density at radius 1 is 1.10 bits per heavy atom. The maximum absolute atomic E-state index is 6.07. The molecule has 4 nitrogen and oxygen atoms in total. The van der Waals surface area contributed by atoms with Gasteiger partial charge >= 0.3 is 0 Å². The third-order valence-corrected chi connectivity index (χ3v) is 3.61. The Morgan fingerprint density at radius 2 is 1.90 bits per heavy atom. The SMILES string of the molecule is CONSc1ccc(N)c(Oc2ccc(Cl)cc2Cl)c1. The molecular formula is C13H12Cl2N2O2S. The molecule has 106 valence electrons. The smallest absolute Gasteiger partial charge is 0.151 e. The molecule has 3 N–H and O–H groups in total. The van der Waals surface area contributed by atoms with Crippen LogP contribution in [0.15, 0.2) is 41.3 Å². The predicted molar refractivity (Wildman–Crippen MR) is 83.4 cm³/mol. The van der Waals surface area contributed by atoms with Gasteiger partial charge in [-0.25, -0.2) is 0 Å². The number of ether oxygens (including phenoxy) is 1. The summed E-state index contributed by atoms with van der Waals surface area (Å²) in [7, 11) is 1.54. The minimum Gasteiger partial charge on any atom is -0.454 e. The van der Waals surface area contributed by atoms with Crippen molar-refractivity contribution < 1.29 is 9.57 Å². The van der Waals surface area contributed by atoms with E-state index < -0.39 is 0 Å². The molecule has 0 bridgehead atoms. The van der Waals surface area contributed by atoms with Gasteiger partial charge in [-0.2, -0.15) is 0 Å². The number of anilines is 1. The first kappa shape index (κ1) is 15.3. The maximum Gasteiger partial charge on any atom is 0.151 e. The zero-order chi connectivity index (χ0) is 14.5. The molecule has 20 heavy (non-hydrogen) atoms. The van der Waals surface area contributed by atoms with Crippen LogP contribution in [0.2, 0.25) is 10.0 Å². The van der Waals surface area contributed by atoms with Gasteiger partial charge in [0.2, 0.25) is 0 Å². The Kier molecular flexibility index (Phi) is 5.39. The normalized spacial score (nSPS) is 10.6. The largest absolute Gasteiger partial charge is 0.454 e. The van der Waals surface area contributed by atoms with Crippen molar-refractivity contribution in [1.82, 2.24) is 4.89 Å². The number of rotatable bonds is 5. The molecule has 0 aliphatic rings. The Balaban J connectivity index is 2.23. The molecule has 0 amide bonds. The van der Waals surface area contributed by atoms with Crippen molar-refractivity contribution >= 4 is 40.8 Å². The lowest BCUT2D eigenvalue weighted by atomic mass is 10.3. The van der Waals surface area contributed by atoms with Crippen LogP contribution in [-0.2, 0) is 4.84 Å². The molecule has 0 heterocycles. The minimum atomic E-state index is 0.421. The Bertz CT molecular complexity index is 611. The molecule has 7 heteroatoms. The van der Waals surface area contributed by atoms with E-state index in [9.17, 15) is 0 Å². The van der Waals surface area contributed by atoms with Crippen molar-refractivity contribution in [2.75, 3.05) is 12.8 Å². The second-order valence-electron chi connectivity index (χ2n) is 3.77. The highest BCUT2D eigenvalue weighted by molar-refractivity contribution is 7.97. The summed E-state index contributed by atoms with van der Waals surface area (Å²) in [5.41, 5.74) is 6.40. The molecule has 0 saturated carbocycles. The second kappa shape index (κ2) is 7.06. The zero-order valence-corrected chi connectivity index (χ0v) is 12.9. The molecule has 0 unspecified atom stereocenters. The molecule has 2 aromatic carbocycles. The lowest BCUT2D eigenvalue weighted by Gasteiger charge is -2.11. The number of benzene rings is 2. The van der Waals surface area contributed by atoms with Crippen molar-refractivity contribution in [2.45, 2.75) is 4.90 Å².